The first kappa shape index (κ1) is 14.9. The Morgan fingerprint density at radius 3 is 2.75 bits per heavy atom. The second-order valence-electron chi connectivity index (χ2n) is 5.19. The summed E-state index contributed by atoms with van der Waals surface area (Å²) in [7, 11) is 0. The van der Waals surface area contributed by atoms with E-state index in [4.69, 9.17) is 16.7 Å². The molecule has 0 fully saturated rings. The second kappa shape index (κ2) is 6.80. The molecule has 1 aromatic heterocycles. The van der Waals surface area contributed by atoms with Crippen LogP contribution in [0.15, 0.2) is 30.3 Å². The largest absolute Gasteiger partial charge is 0.481 e. The van der Waals surface area contributed by atoms with Crippen molar-refractivity contribution in [2.75, 3.05) is 0 Å². The van der Waals surface area contributed by atoms with Gasteiger partial charge in [-0.3, -0.25) is 4.79 Å². The number of aliphatic carboxylic acids is 1. The molecule has 2 N–H and O–H groups in total. The van der Waals surface area contributed by atoms with Crippen LogP contribution in [0, 0.1) is 0 Å². The van der Waals surface area contributed by atoms with Crippen molar-refractivity contribution in [3.63, 3.8) is 0 Å². The van der Waals surface area contributed by atoms with Crippen molar-refractivity contribution >= 4 is 28.5 Å². The number of halogens is 1. The van der Waals surface area contributed by atoms with Crippen molar-refractivity contribution in [1.29, 1.82) is 0 Å². The number of alkyl halides is 1. The van der Waals surface area contributed by atoms with E-state index in [1.54, 1.807) is 0 Å². The Morgan fingerprint density at radius 2 is 2.10 bits per heavy atom. The van der Waals surface area contributed by atoms with Gasteiger partial charge < -0.3 is 10.1 Å². The van der Waals surface area contributed by atoms with Crippen LogP contribution in [-0.4, -0.2) is 21.4 Å². The first-order valence-corrected chi connectivity index (χ1v) is 7.47. The number of nitrogens with one attached hydrogen (secondary N) is 1. The van der Waals surface area contributed by atoms with Crippen LogP contribution in [0.25, 0.3) is 10.9 Å². The molecule has 0 radical (unpaired) electrons. The fraction of sp³-hybridized carbons (Fsp3) is 0.438. The number of carboxylic acid groups (broad SMARTS) is 1. The number of aromatic amines is 1. The third-order valence-corrected chi connectivity index (χ3v) is 4.21. The Kier molecular flexibility index (Phi) is 5.07. The molecule has 2 atom stereocenters. The monoisotopic (exact) mass is 293 g/mol. The predicted octanol–water partition coefficient (Wildman–Crippen LogP) is 4.52. The zero-order valence-electron chi connectivity index (χ0n) is 11.6. The van der Waals surface area contributed by atoms with Gasteiger partial charge in [0.15, 0.2) is 0 Å². The fourth-order valence-electron chi connectivity index (χ4n) is 2.48. The Morgan fingerprint density at radius 1 is 1.35 bits per heavy atom. The number of aromatic nitrogens is 1. The van der Waals surface area contributed by atoms with Crippen molar-refractivity contribution in [2.24, 2.45) is 0 Å². The van der Waals surface area contributed by atoms with E-state index >= 15 is 0 Å². The average molecular weight is 294 g/mol. The maximum Gasteiger partial charge on any atom is 0.304 e. The second-order valence-corrected chi connectivity index (χ2v) is 5.81. The van der Waals surface area contributed by atoms with E-state index in [9.17, 15) is 4.79 Å². The van der Waals surface area contributed by atoms with Crippen LogP contribution >= 0.6 is 11.6 Å². The molecule has 0 saturated carbocycles. The van der Waals surface area contributed by atoms with Crippen LogP contribution in [0.2, 0.25) is 0 Å². The summed E-state index contributed by atoms with van der Waals surface area (Å²) in [5, 5.41) is 10.3. The highest BCUT2D eigenvalue weighted by molar-refractivity contribution is 6.20. The van der Waals surface area contributed by atoms with E-state index in [1.165, 1.54) is 0 Å². The molecule has 0 bridgehead atoms. The Labute approximate surface area is 124 Å². The van der Waals surface area contributed by atoms with Crippen molar-refractivity contribution in [3.8, 4) is 0 Å². The lowest BCUT2D eigenvalue weighted by Gasteiger charge is -2.15. The van der Waals surface area contributed by atoms with Gasteiger partial charge in [0, 0.05) is 22.5 Å². The molecule has 0 aliphatic rings. The van der Waals surface area contributed by atoms with Crippen LogP contribution in [0.1, 0.15) is 44.2 Å². The van der Waals surface area contributed by atoms with Crippen molar-refractivity contribution in [2.45, 2.75) is 43.9 Å². The molecule has 0 aliphatic heterocycles. The lowest BCUT2D eigenvalue weighted by atomic mass is 9.94. The molecule has 0 amide bonds. The maximum atomic E-state index is 11.1. The van der Waals surface area contributed by atoms with Gasteiger partial charge in [-0.05, 0) is 36.8 Å². The van der Waals surface area contributed by atoms with E-state index in [0.717, 1.165) is 35.9 Å². The fourth-order valence-corrected chi connectivity index (χ4v) is 2.61. The van der Waals surface area contributed by atoms with Crippen molar-refractivity contribution in [1.82, 2.24) is 4.98 Å². The van der Waals surface area contributed by atoms with Crippen LogP contribution in [0.4, 0.5) is 0 Å². The van der Waals surface area contributed by atoms with Crippen LogP contribution < -0.4 is 0 Å². The number of hydrogen-bond acceptors (Lipinski definition) is 1. The molecule has 20 heavy (non-hydrogen) atoms. The molecule has 4 heteroatoms. The minimum absolute atomic E-state index is 0.00676. The lowest BCUT2D eigenvalue weighted by molar-refractivity contribution is -0.137. The Bertz CT molecular complexity index is 546. The Hall–Kier alpha value is -1.48. The van der Waals surface area contributed by atoms with Gasteiger partial charge in [0.05, 0.1) is 6.42 Å². The van der Waals surface area contributed by atoms with E-state index in [2.05, 4.69) is 11.1 Å². The van der Waals surface area contributed by atoms with Gasteiger partial charge in [0.2, 0.25) is 0 Å². The first-order valence-electron chi connectivity index (χ1n) is 7.03. The predicted molar refractivity (Wildman–Crippen MR) is 82.5 cm³/mol. The summed E-state index contributed by atoms with van der Waals surface area (Å²) in [4.78, 5) is 14.4. The number of hydrogen-bond donors (Lipinski definition) is 2. The summed E-state index contributed by atoms with van der Waals surface area (Å²) >= 11 is 6.15. The highest BCUT2D eigenvalue weighted by Crippen LogP contribution is 2.29. The normalized spacial score (nSPS) is 14.3. The standard InChI is InChI=1S/C16H20ClNO2/c1-2-13(17)8-7-12(10-16(19)20)15-9-11-5-3-4-6-14(11)18-15/h3-6,9,12-13,18H,2,7-8,10H2,1H3,(H,19,20). The molecule has 2 rings (SSSR count). The number of benzene rings is 1. The van der Waals surface area contributed by atoms with E-state index < -0.39 is 5.97 Å². The van der Waals surface area contributed by atoms with Gasteiger partial charge in [-0.15, -0.1) is 11.6 Å². The summed E-state index contributed by atoms with van der Waals surface area (Å²) in [6, 6.07) is 10.0. The van der Waals surface area contributed by atoms with Crippen LogP contribution in [-0.2, 0) is 4.79 Å². The molecule has 108 valence electrons. The average Bonchev–Trinajstić information content (AvgIpc) is 2.86. The van der Waals surface area contributed by atoms with Gasteiger partial charge in [0.25, 0.3) is 0 Å². The SMILES string of the molecule is CCC(Cl)CCC(CC(=O)O)c1cc2ccccc2[nH]1. The first-order chi connectivity index (χ1) is 9.60. The molecule has 0 saturated heterocycles. The highest BCUT2D eigenvalue weighted by atomic mass is 35.5. The summed E-state index contributed by atoms with van der Waals surface area (Å²) in [5.74, 6) is -0.774. The van der Waals surface area contributed by atoms with Crippen LogP contribution in [0.5, 0.6) is 0 Å². The number of para-hydroxylation sites is 1. The summed E-state index contributed by atoms with van der Waals surface area (Å²) in [6.07, 6.45) is 2.68. The zero-order valence-corrected chi connectivity index (χ0v) is 12.4. The summed E-state index contributed by atoms with van der Waals surface area (Å²) < 4.78 is 0. The topological polar surface area (TPSA) is 53.1 Å². The highest BCUT2D eigenvalue weighted by Gasteiger charge is 2.18. The molecule has 0 spiro atoms. The molecular weight excluding hydrogens is 274 g/mol. The molecule has 0 aliphatic carbocycles. The third kappa shape index (κ3) is 3.76. The number of carbonyl (C=O) groups is 1. The van der Waals surface area contributed by atoms with Gasteiger partial charge in [-0.25, -0.2) is 0 Å². The minimum Gasteiger partial charge on any atom is -0.481 e. The minimum atomic E-state index is -0.767. The van der Waals surface area contributed by atoms with Crippen molar-refractivity contribution in [3.05, 3.63) is 36.0 Å². The molecule has 1 aromatic carbocycles. The van der Waals surface area contributed by atoms with Gasteiger partial charge in [-0.2, -0.15) is 0 Å². The lowest BCUT2D eigenvalue weighted by Crippen LogP contribution is -2.09. The molecule has 3 nitrogen and oxygen atoms in total. The van der Waals surface area contributed by atoms with E-state index in [0.29, 0.717) is 0 Å². The van der Waals surface area contributed by atoms with Gasteiger partial charge in [-0.1, -0.05) is 25.1 Å². The Balaban J connectivity index is 2.18. The smallest absolute Gasteiger partial charge is 0.304 e. The van der Waals surface area contributed by atoms with E-state index in [1.807, 2.05) is 31.2 Å². The van der Waals surface area contributed by atoms with E-state index in [-0.39, 0.29) is 17.7 Å². The number of rotatable bonds is 7. The summed E-state index contributed by atoms with van der Waals surface area (Å²) in [5.41, 5.74) is 2.05. The number of carboxylic acids is 1. The number of H-pyrrole nitrogens is 1. The molecule has 2 aromatic rings. The number of fused-ring (bicyclic) bond motifs is 1. The molecule has 1 heterocycles. The van der Waals surface area contributed by atoms with Gasteiger partial charge in [0.1, 0.15) is 0 Å². The summed E-state index contributed by atoms with van der Waals surface area (Å²) in [6.45, 7) is 2.05. The molecule has 2 unspecified atom stereocenters. The van der Waals surface area contributed by atoms with Gasteiger partial charge >= 0.3 is 5.97 Å². The zero-order chi connectivity index (χ0) is 14.5. The van der Waals surface area contributed by atoms with Crippen LogP contribution in [0.3, 0.4) is 0 Å². The van der Waals surface area contributed by atoms with Crippen molar-refractivity contribution < 1.29 is 9.90 Å². The maximum absolute atomic E-state index is 11.1. The third-order valence-electron chi connectivity index (χ3n) is 3.68. The quantitative estimate of drug-likeness (QED) is 0.737. The molecular formula is C16H20ClNO2.